The fourth-order valence-electron chi connectivity index (χ4n) is 4.02. The molecule has 3 aromatic heterocycles. The zero-order valence-electron chi connectivity index (χ0n) is 15.8. The average Bonchev–Trinajstić information content (AvgIpc) is 3.20. The second-order valence-electron chi connectivity index (χ2n) is 7.48. The van der Waals surface area contributed by atoms with Gasteiger partial charge in [0.15, 0.2) is 0 Å². The van der Waals surface area contributed by atoms with Gasteiger partial charge in [-0.05, 0) is 31.0 Å². The Morgan fingerprint density at radius 2 is 1.97 bits per heavy atom. The molecular formula is C20H22N8O. The van der Waals surface area contributed by atoms with Crippen LogP contribution >= 0.6 is 0 Å². The molecule has 4 aromatic rings. The molecule has 1 saturated carbocycles. The molecule has 0 bridgehead atoms. The minimum Gasteiger partial charge on any atom is -0.366 e. The van der Waals surface area contributed by atoms with Gasteiger partial charge in [-0.15, -0.1) is 0 Å². The van der Waals surface area contributed by atoms with E-state index in [0.29, 0.717) is 22.4 Å². The lowest BCUT2D eigenvalue weighted by molar-refractivity contribution is 0.403. The SMILES string of the molecule is NC1CCCC[C@H]1Nc1cc2cn[nH]c(=O)c2c(Nc2cccc3[nH]ncc23)n1. The van der Waals surface area contributed by atoms with Crippen LogP contribution in [0.4, 0.5) is 17.3 Å². The summed E-state index contributed by atoms with van der Waals surface area (Å²) >= 11 is 0. The Bertz CT molecular complexity index is 1230. The largest absolute Gasteiger partial charge is 0.366 e. The van der Waals surface area contributed by atoms with Crippen LogP contribution in [0.5, 0.6) is 0 Å². The lowest BCUT2D eigenvalue weighted by Gasteiger charge is -2.30. The highest BCUT2D eigenvalue weighted by atomic mass is 16.1. The van der Waals surface area contributed by atoms with Crippen LogP contribution in [-0.2, 0) is 0 Å². The maximum atomic E-state index is 12.5. The number of benzene rings is 1. The van der Waals surface area contributed by atoms with E-state index in [9.17, 15) is 4.79 Å². The first-order chi connectivity index (χ1) is 14.2. The number of anilines is 3. The number of pyridine rings is 1. The van der Waals surface area contributed by atoms with Gasteiger partial charge >= 0.3 is 0 Å². The molecule has 5 rings (SSSR count). The van der Waals surface area contributed by atoms with Crippen molar-refractivity contribution in [2.24, 2.45) is 5.73 Å². The minimum atomic E-state index is -0.294. The van der Waals surface area contributed by atoms with E-state index in [1.165, 1.54) is 0 Å². The maximum absolute atomic E-state index is 12.5. The van der Waals surface area contributed by atoms with Gasteiger partial charge in [0.2, 0.25) is 0 Å². The third-order valence-electron chi connectivity index (χ3n) is 5.54. The molecule has 0 spiro atoms. The van der Waals surface area contributed by atoms with Crippen LogP contribution in [0.3, 0.4) is 0 Å². The molecule has 3 heterocycles. The Morgan fingerprint density at radius 3 is 2.86 bits per heavy atom. The zero-order valence-corrected chi connectivity index (χ0v) is 15.8. The quantitative estimate of drug-likeness (QED) is 0.361. The number of rotatable bonds is 4. The Hall–Kier alpha value is -3.46. The lowest BCUT2D eigenvalue weighted by Crippen LogP contribution is -2.42. The highest BCUT2D eigenvalue weighted by Crippen LogP contribution is 2.29. The summed E-state index contributed by atoms with van der Waals surface area (Å²) in [6.45, 7) is 0. The summed E-state index contributed by atoms with van der Waals surface area (Å²) in [7, 11) is 0. The monoisotopic (exact) mass is 390 g/mol. The summed E-state index contributed by atoms with van der Waals surface area (Å²) in [6, 6.07) is 7.89. The Labute approximate surface area is 166 Å². The van der Waals surface area contributed by atoms with E-state index in [2.05, 4.69) is 31.0 Å². The van der Waals surface area contributed by atoms with Crippen molar-refractivity contribution in [2.45, 2.75) is 37.8 Å². The topological polar surface area (TPSA) is 137 Å². The van der Waals surface area contributed by atoms with Crippen LogP contribution in [0.15, 0.2) is 41.5 Å². The number of fused-ring (bicyclic) bond motifs is 2. The van der Waals surface area contributed by atoms with E-state index in [1.807, 2.05) is 24.3 Å². The van der Waals surface area contributed by atoms with E-state index in [0.717, 1.165) is 42.3 Å². The molecule has 29 heavy (non-hydrogen) atoms. The van der Waals surface area contributed by atoms with Crippen LogP contribution in [0.1, 0.15) is 25.7 Å². The van der Waals surface area contributed by atoms with Crippen molar-refractivity contribution in [2.75, 3.05) is 10.6 Å². The molecule has 9 heteroatoms. The lowest BCUT2D eigenvalue weighted by atomic mass is 9.91. The maximum Gasteiger partial charge on any atom is 0.275 e. The molecule has 0 saturated heterocycles. The molecule has 9 nitrogen and oxygen atoms in total. The molecule has 0 aliphatic heterocycles. The molecule has 1 aliphatic rings. The standard InChI is InChI=1S/C20H22N8O/c21-13-4-1-2-5-16(13)24-17-8-11-9-22-28-20(29)18(11)19(26-17)25-14-6-3-7-15-12(14)10-23-27-15/h3,6-10,13,16H,1-2,4-5,21H2,(H,23,27)(H,28,29)(H2,24,25,26)/t13?,16-/m1/s1. The van der Waals surface area contributed by atoms with E-state index >= 15 is 0 Å². The second kappa shape index (κ2) is 7.17. The number of aromatic nitrogens is 5. The smallest absolute Gasteiger partial charge is 0.275 e. The summed E-state index contributed by atoms with van der Waals surface area (Å²) in [4.78, 5) is 17.2. The van der Waals surface area contributed by atoms with Gasteiger partial charge in [-0.25, -0.2) is 10.1 Å². The third-order valence-corrected chi connectivity index (χ3v) is 5.54. The van der Waals surface area contributed by atoms with Crippen molar-refractivity contribution >= 4 is 39.0 Å². The van der Waals surface area contributed by atoms with Crippen LogP contribution in [0.2, 0.25) is 0 Å². The molecule has 1 unspecified atom stereocenters. The van der Waals surface area contributed by atoms with Crippen molar-refractivity contribution < 1.29 is 0 Å². The Morgan fingerprint density at radius 1 is 1.10 bits per heavy atom. The summed E-state index contributed by atoms with van der Waals surface area (Å²) in [5.41, 5.74) is 7.71. The number of nitrogens with two attached hydrogens (primary N) is 1. The van der Waals surface area contributed by atoms with Crippen molar-refractivity contribution in [3.05, 3.63) is 47.0 Å². The minimum absolute atomic E-state index is 0.0923. The van der Waals surface area contributed by atoms with Crippen molar-refractivity contribution in [1.82, 2.24) is 25.4 Å². The van der Waals surface area contributed by atoms with Gasteiger partial charge in [-0.2, -0.15) is 10.2 Å². The van der Waals surface area contributed by atoms with E-state index < -0.39 is 0 Å². The van der Waals surface area contributed by atoms with Crippen molar-refractivity contribution in [3.8, 4) is 0 Å². The van der Waals surface area contributed by atoms with Crippen LogP contribution in [0.25, 0.3) is 21.7 Å². The molecule has 1 fully saturated rings. The van der Waals surface area contributed by atoms with E-state index in [-0.39, 0.29) is 17.6 Å². The number of hydrogen-bond acceptors (Lipinski definition) is 7. The van der Waals surface area contributed by atoms with Crippen molar-refractivity contribution in [3.63, 3.8) is 0 Å². The van der Waals surface area contributed by atoms with Gasteiger partial charge in [0.25, 0.3) is 5.56 Å². The van der Waals surface area contributed by atoms with Gasteiger partial charge in [0.1, 0.15) is 11.6 Å². The van der Waals surface area contributed by atoms with Crippen molar-refractivity contribution in [1.29, 1.82) is 0 Å². The van der Waals surface area contributed by atoms with Crippen LogP contribution < -0.4 is 21.9 Å². The van der Waals surface area contributed by atoms with Gasteiger partial charge < -0.3 is 16.4 Å². The summed E-state index contributed by atoms with van der Waals surface area (Å²) < 4.78 is 0. The number of nitrogens with one attached hydrogen (secondary N) is 4. The summed E-state index contributed by atoms with van der Waals surface area (Å²) in [5, 5.41) is 22.4. The molecule has 0 radical (unpaired) electrons. The van der Waals surface area contributed by atoms with Gasteiger partial charge in [0, 0.05) is 22.9 Å². The van der Waals surface area contributed by atoms with Gasteiger partial charge in [0.05, 0.1) is 29.0 Å². The van der Waals surface area contributed by atoms with E-state index in [1.54, 1.807) is 12.4 Å². The first kappa shape index (κ1) is 17.6. The van der Waals surface area contributed by atoms with E-state index in [4.69, 9.17) is 10.7 Å². The predicted molar refractivity (Wildman–Crippen MR) is 113 cm³/mol. The van der Waals surface area contributed by atoms with Crippen LogP contribution in [0, 0.1) is 0 Å². The van der Waals surface area contributed by atoms with Gasteiger partial charge in [-0.3, -0.25) is 9.89 Å². The summed E-state index contributed by atoms with van der Waals surface area (Å²) in [5.74, 6) is 1.14. The number of aromatic amines is 2. The molecule has 1 aromatic carbocycles. The van der Waals surface area contributed by atoms with Gasteiger partial charge in [-0.1, -0.05) is 18.9 Å². The molecular weight excluding hydrogens is 368 g/mol. The average molecular weight is 390 g/mol. The highest BCUT2D eigenvalue weighted by molar-refractivity contribution is 5.98. The third kappa shape index (κ3) is 3.29. The number of hydrogen-bond donors (Lipinski definition) is 5. The number of nitrogens with zero attached hydrogens (tertiary/aromatic N) is 3. The summed E-state index contributed by atoms with van der Waals surface area (Å²) in [6.07, 6.45) is 7.69. The molecule has 2 atom stereocenters. The normalized spacial score (nSPS) is 19.5. The highest BCUT2D eigenvalue weighted by Gasteiger charge is 2.22. The zero-order chi connectivity index (χ0) is 19.8. The molecule has 6 N–H and O–H groups in total. The fraction of sp³-hybridized carbons (Fsp3) is 0.300. The predicted octanol–water partition coefficient (Wildman–Crippen LogP) is 2.62. The number of H-pyrrole nitrogens is 2. The first-order valence-electron chi connectivity index (χ1n) is 9.79. The Kier molecular flexibility index (Phi) is 4.36. The first-order valence-corrected chi connectivity index (χ1v) is 9.79. The molecule has 0 amide bonds. The molecule has 148 valence electrons. The second-order valence-corrected chi connectivity index (χ2v) is 7.48. The fourth-order valence-corrected chi connectivity index (χ4v) is 4.02. The van der Waals surface area contributed by atoms with Crippen LogP contribution in [-0.4, -0.2) is 37.5 Å². The Balaban J connectivity index is 1.59. The molecule has 1 aliphatic carbocycles.